The molecule has 1 aromatic rings. The standard InChI is InChI=1S/C24H38O4/c1-5-9-12-19(7-3)17-27-23(25)21-14-11-15-22(16-21)24(26)28-18-20(8-4)13-10-6-2/h11,14-16,19-20H,5-10,12-13,17-18H2,1-4H3/t19-,20+. The van der Waals surface area contributed by atoms with Crippen LogP contribution in [0.15, 0.2) is 24.3 Å². The predicted molar refractivity (Wildman–Crippen MR) is 114 cm³/mol. The second-order valence-electron chi connectivity index (χ2n) is 7.61. The highest BCUT2D eigenvalue weighted by atomic mass is 16.5. The van der Waals surface area contributed by atoms with Crippen LogP contribution in [-0.2, 0) is 9.47 Å². The molecule has 1 rings (SSSR count). The van der Waals surface area contributed by atoms with E-state index in [9.17, 15) is 9.59 Å². The molecule has 0 N–H and O–H groups in total. The van der Waals surface area contributed by atoms with Gasteiger partial charge in [0.1, 0.15) is 0 Å². The van der Waals surface area contributed by atoms with E-state index in [1.54, 1.807) is 24.3 Å². The van der Waals surface area contributed by atoms with Crippen molar-refractivity contribution in [3.05, 3.63) is 35.4 Å². The molecule has 0 aliphatic rings. The number of rotatable bonds is 14. The van der Waals surface area contributed by atoms with Gasteiger partial charge >= 0.3 is 11.9 Å². The molecule has 0 amide bonds. The van der Waals surface area contributed by atoms with Gasteiger partial charge in [-0.05, 0) is 42.9 Å². The van der Waals surface area contributed by atoms with Crippen LogP contribution >= 0.6 is 0 Å². The SMILES string of the molecule is CCCC[C@@H](CC)COC(=O)c1cccc(C(=O)OC[C@@H](CC)CCCC)c1. The van der Waals surface area contributed by atoms with Gasteiger partial charge < -0.3 is 9.47 Å². The van der Waals surface area contributed by atoms with Gasteiger partial charge in [0, 0.05) is 0 Å². The number of hydrogen-bond acceptors (Lipinski definition) is 4. The van der Waals surface area contributed by atoms with Gasteiger partial charge in [0.15, 0.2) is 0 Å². The van der Waals surface area contributed by atoms with Gasteiger partial charge in [-0.25, -0.2) is 9.59 Å². The van der Waals surface area contributed by atoms with Crippen LogP contribution in [0.25, 0.3) is 0 Å². The average Bonchev–Trinajstić information content (AvgIpc) is 2.73. The van der Waals surface area contributed by atoms with Gasteiger partial charge in [0.25, 0.3) is 0 Å². The number of benzene rings is 1. The Morgan fingerprint density at radius 3 is 1.57 bits per heavy atom. The van der Waals surface area contributed by atoms with Crippen molar-refractivity contribution in [3.8, 4) is 0 Å². The molecule has 0 unspecified atom stereocenters. The van der Waals surface area contributed by atoms with Crippen molar-refractivity contribution < 1.29 is 19.1 Å². The summed E-state index contributed by atoms with van der Waals surface area (Å²) in [5.74, 6) is 0.0373. The summed E-state index contributed by atoms with van der Waals surface area (Å²) < 4.78 is 11.0. The summed E-state index contributed by atoms with van der Waals surface area (Å²) in [7, 11) is 0. The lowest BCUT2D eigenvalue weighted by molar-refractivity contribution is 0.0426. The Morgan fingerprint density at radius 2 is 1.21 bits per heavy atom. The van der Waals surface area contributed by atoms with E-state index in [0.717, 1.165) is 51.4 Å². The highest BCUT2D eigenvalue weighted by Gasteiger charge is 2.16. The fourth-order valence-corrected chi connectivity index (χ4v) is 3.12. The molecule has 0 aromatic heterocycles. The highest BCUT2D eigenvalue weighted by Crippen LogP contribution is 2.16. The molecule has 2 atom stereocenters. The van der Waals surface area contributed by atoms with E-state index in [2.05, 4.69) is 27.7 Å². The van der Waals surface area contributed by atoms with Crippen LogP contribution in [0.1, 0.15) is 99.8 Å². The molecule has 0 saturated carbocycles. The van der Waals surface area contributed by atoms with Crippen molar-refractivity contribution >= 4 is 11.9 Å². The number of esters is 2. The topological polar surface area (TPSA) is 52.6 Å². The number of ether oxygens (including phenoxy) is 2. The monoisotopic (exact) mass is 390 g/mol. The van der Waals surface area contributed by atoms with Gasteiger partial charge in [-0.3, -0.25) is 0 Å². The molecule has 1 aromatic carbocycles. The smallest absolute Gasteiger partial charge is 0.338 e. The number of hydrogen-bond donors (Lipinski definition) is 0. The van der Waals surface area contributed by atoms with Gasteiger partial charge in [0.05, 0.1) is 24.3 Å². The Kier molecular flexibility index (Phi) is 12.3. The first kappa shape index (κ1) is 24.2. The Labute approximate surface area is 171 Å². The van der Waals surface area contributed by atoms with Gasteiger partial charge in [-0.1, -0.05) is 72.3 Å². The molecule has 4 heteroatoms. The molecule has 0 heterocycles. The summed E-state index contributed by atoms with van der Waals surface area (Å²) >= 11 is 0. The van der Waals surface area contributed by atoms with Gasteiger partial charge in [-0.15, -0.1) is 0 Å². The maximum Gasteiger partial charge on any atom is 0.338 e. The van der Waals surface area contributed by atoms with Gasteiger partial charge in [0.2, 0.25) is 0 Å². The largest absolute Gasteiger partial charge is 0.462 e. The minimum Gasteiger partial charge on any atom is -0.462 e. The summed E-state index contributed by atoms with van der Waals surface area (Å²) in [5, 5.41) is 0. The van der Waals surface area contributed by atoms with Crippen LogP contribution in [0, 0.1) is 11.8 Å². The maximum atomic E-state index is 12.4. The average molecular weight is 391 g/mol. The predicted octanol–water partition coefficient (Wildman–Crippen LogP) is 6.43. The van der Waals surface area contributed by atoms with Crippen LogP contribution in [0.3, 0.4) is 0 Å². The molecule has 0 radical (unpaired) electrons. The van der Waals surface area contributed by atoms with Crippen molar-refractivity contribution in [1.82, 2.24) is 0 Å². The van der Waals surface area contributed by atoms with Crippen LogP contribution in [0.2, 0.25) is 0 Å². The zero-order valence-electron chi connectivity index (χ0n) is 18.2. The zero-order chi connectivity index (χ0) is 20.8. The molecule has 0 saturated heterocycles. The molecular weight excluding hydrogens is 352 g/mol. The first-order valence-corrected chi connectivity index (χ1v) is 11.0. The molecule has 158 valence electrons. The second kappa shape index (κ2) is 14.2. The summed E-state index contributed by atoms with van der Waals surface area (Å²) in [5.41, 5.74) is 0.802. The van der Waals surface area contributed by atoms with E-state index in [1.807, 2.05) is 0 Å². The van der Waals surface area contributed by atoms with Crippen molar-refractivity contribution in [2.24, 2.45) is 11.8 Å². The van der Waals surface area contributed by atoms with E-state index in [0.29, 0.717) is 36.2 Å². The third kappa shape index (κ3) is 8.90. The maximum absolute atomic E-state index is 12.4. The summed E-state index contributed by atoms with van der Waals surface area (Å²) in [6.45, 7) is 9.43. The normalized spacial score (nSPS) is 13.0. The lowest BCUT2D eigenvalue weighted by Gasteiger charge is -2.15. The lowest BCUT2D eigenvalue weighted by Crippen LogP contribution is -2.16. The van der Waals surface area contributed by atoms with Crippen molar-refractivity contribution in [3.63, 3.8) is 0 Å². The number of carbonyl (C=O) groups is 2. The van der Waals surface area contributed by atoms with Crippen LogP contribution < -0.4 is 0 Å². The van der Waals surface area contributed by atoms with Crippen molar-refractivity contribution in [1.29, 1.82) is 0 Å². The summed E-state index contributed by atoms with van der Waals surface area (Å²) in [4.78, 5) is 24.7. The first-order valence-electron chi connectivity index (χ1n) is 11.0. The van der Waals surface area contributed by atoms with Crippen molar-refractivity contribution in [2.45, 2.75) is 79.1 Å². The number of carbonyl (C=O) groups excluding carboxylic acids is 2. The molecule has 28 heavy (non-hydrogen) atoms. The summed E-state index contributed by atoms with van der Waals surface area (Å²) in [6.07, 6.45) is 8.72. The molecular formula is C24H38O4. The van der Waals surface area contributed by atoms with Crippen molar-refractivity contribution in [2.75, 3.05) is 13.2 Å². The Bertz CT molecular complexity index is 534. The lowest BCUT2D eigenvalue weighted by atomic mass is 10.0. The van der Waals surface area contributed by atoms with Gasteiger partial charge in [-0.2, -0.15) is 0 Å². The molecule has 4 nitrogen and oxygen atoms in total. The number of unbranched alkanes of at least 4 members (excludes halogenated alkanes) is 2. The van der Waals surface area contributed by atoms with Crippen LogP contribution in [-0.4, -0.2) is 25.2 Å². The molecule has 0 aliphatic carbocycles. The Morgan fingerprint density at radius 1 is 0.786 bits per heavy atom. The third-order valence-electron chi connectivity index (χ3n) is 5.32. The fourth-order valence-electron chi connectivity index (χ4n) is 3.12. The summed E-state index contributed by atoms with van der Waals surface area (Å²) in [6, 6.07) is 6.64. The van der Waals surface area contributed by atoms with E-state index in [-0.39, 0.29) is 11.9 Å². The van der Waals surface area contributed by atoms with E-state index < -0.39 is 0 Å². The first-order chi connectivity index (χ1) is 13.5. The quantitative estimate of drug-likeness (QED) is 0.343. The minimum absolute atomic E-state index is 0.376. The van der Waals surface area contributed by atoms with E-state index in [1.165, 1.54) is 0 Å². The highest BCUT2D eigenvalue weighted by molar-refractivity contribution is 5.95. The fraction of sp³-hybridized carbons (Fsp3) is 0.667. The third-order valence-corrected chi connectivity index (χ3v) is 5.32. The van der Waals surface area contributed by atoms with E-state index in [4.69, 9.17) is 9.47 Å². The molecule has 0 fully saturated rings. The van der Waals surface area contributed by atoms with Crippen LogP contribution in [0.5, 0.6) is 0 Å². The Balaban J connectivity index is 2.59. The zero-order valence-corrected chi connectivity index (χ0v) is 18.2. The second-order valence-corrected chi connectivity index (χ2v) is 7.61. The minimum atomic E-state index is -0.376. The molecule has 0 spiro atoms. The molecule has 0 bridgehead atoms. The van der Waals surface area contributed by atoms with E-state index >= 15 is 0 Å². The molecule has 0 aliphatic heterocycles. The van der Waals surface area contributed by atoms with Crippen LogP contribution in [0.4, 0.5) is 0 Å². The Hall–Kier alpha value is -1.84.